The summed E-state index contributed by atoms with van der Waals surface area (Å²) in [6.07, 6.45) is 1.49. The zero-order valence-electron chi connectivity index (χ0n) is 11.0. The summed E-state index contributed by atoms with van der Waals surface area (Å²) in [6, 6.07) is 5.95. The highest BCUT2D eigenvalue weighted by atomic mass is 79.9. The van der Waals surface area contributed by atoms with Crippen molar-refractivity contribution in [1.82, 2.24) is 9.97 Å². The third-order valence-electron chi connectivity index (χ3n) is 2.77. The lowest BCUT2D eigenvalue weighted by molar-refractivity contribution is 0.415. The first-order valence-corrected chi connectivity index (χ1v) is 6.55. The quantitative estimate of drug-likeness (QED) is 0.904. The molecule has 5 nitrogen and oxygen atoms in total. The molecule has 0 saturated carbocycles. The number of hydrogen-bond donors (Lipinski definition) is 2. The third-order valence-corrected chi connectivity index (χ3v) is 3.62. The van der Waals surface area contributed by atoms with Crippen LogP contribution in [0.25, 0.3) is 0 Å². The van der Waals surface area contributed by atoms with Gasteiger partial charge in [0.2, 0.25) is 5.75 Å². The summed E-state index contributed by atoms with van der Waals surface area (Å²) in [4.78, 5) is 8.34. The van der Waals surface area contributed by atoms with E-state index in [0.717, 1.165) is 15.7 Å². The van der Waals surface area contributed by atoms with Gasteiger partial charge in [0, 0.05) is 17.2 Å². The number of rotatable bonds is 4. The second kappa shape index (κ2) is 5.88. The monoisotopic (exact) mass is 322 g/mol. The summed E-state index contributed by atoms with van der Waals surface area (Å²) in [5, 5.41) is 6.23. The molecule has 0 atom stereocenters. The zero-order chi connectivity index (χ0) is 13.8. The summed E-state index contributed by atoms with van der Waals surface area (Å²) in [6.45, 7) is 2.03. The van der Waals surface area contributed by atoms with Crippen LogP contribution in [0.15, 0.2) is 29.0 Å². The van der Waals surface area contributed by atoms with E-state index in [4.69, 9.17) is 4.74 Å². The lowest BCUT2D eigenvalue weighted by atomic mass is 10.2. The fourth-order valence-electron chi connectivity index (χ4n) is 1.70. The van der Waals surface area contributed by atoms with Crippen molar-refractivity contribution in [2.75, 3.05) is 24.8 Å². The number of nitrogens with zero attached hydrogens (tertiary/aromatic N) is 2. The lowest BCUT2D eigenvalue weighted by Crippen LogP contribution is -2.04. The minimum atomic E-state index is 0.587. The van der Waals surface area contributed by atoms with Gasteiger partial charge in [-0.05, 0) is 24.6 Å². The number of anilines is 3. The molecule has 0 aliphatic rings. The molecule has 0 radical (unpaired) electrons. The van der Waals surface area contributed by atoms with Gasteiger partial charge < -0.3 is 15.4 Å². The molecule has 6 heteroatoms. The van der Waals surface area contributed by atoms with Crippen molar-refractivity contribution in [1.29, 1.82) is 0 Å². The minimum Gasteiger partial charge on any atom is -0.490 e. The number of ether oxygens (including phenoxy) is 1. The van der Waals surface area contributed by atoms with Crippen molar-refractivity contribution >= 4 is 33.3 Å². The van der Waals surface area contributed by atoms with Crippen LogP contribution in [-0.2, 0) is 0 Å². The molecular weight excluding hydrogens is 308 g/mol. The Morgan fingerprint density at radius 3 is 2.63 bits per heavy atom. The fraction of sp³-hybridized carbons (Fsp3) is 0.231. The van der Waals surface area contributed by atoms with Gasteiger partial charge in [0.1, 0.15) is 6.33 Å². The van der Waals surface area contributed by atoms with E-state index in [1.54, 1.807) is 14.2 Å². The van der Waals surface area contributed by atoms with E-state index < -0.39 is 0 Å². The number of nitrogens with one attached hydrogen (secondary N) is 2. The minimum absolute atomic E-state index is 0.587. The van der Waals surface area contributed by atoms with Gasteiger partial charge >= 0.3 is 0 Å². The number of halogens is 1. The van der Waals surface area contributed by atoms with E-state index in [0.29, 0.717) is 17.4 Å². The molecule has 0 spiro atoms. The number of benzene rings is 1. The molecule has 0 aliphatic carbocycles. The maximum atomic E-state index is 5.35. The highest BCUT2D eigenvalue weighted by molar-refractivity contribution is 9.10. The standard InChI is InChI=1S/C13H15BrN4O/c1-8-9(14)5-4-6-10(8)18-13-11(19-3)12(15-2)16-7-17-13/h4-7H,1-3H3,(H2,15,16,17,18). The molecule has 19 heavy (non-hydrogen) atoms. The molecule has 0 amide bonds. The molecule has 2 N–H and O–H groups in total. The molecule has 0 fully saturated rings. The molecule has 0 bridgehead atoms. The van der Waals surface area contributed by atoms with E-state index in [1.807, 2.05) is 25.1 Å². The van der Waals surface area contributed by atoms with Crippen LogP contribution in [0.1, 0.15) is 5.56 Å². The van der Waals surface area contributed by atoms with Gasteiger partial charge in [0.05, 0.1) is 7.11 Å². The Morgan fingerprint density at radius 2 is 1.95 bits per heavy atom. The molecule has 2 rings (SSSR count). The van der Waals surface area contributed by atoms with Gasteiger partial charge in [0.25, 0.3) is 0 Å². The fourth-order valence-corrected chi connectivity index (χ4v) is 2.07. The maximum absolute atomic E-state index is 5.35. The average Bonchev–Trinajstić information content (AvgIpc) is 2.43. The van der Waals surface area contributed by atoms with E-state index in [9.17, 15) is 0 Å². The van der Waals surface area contributed by atoms with Gasteiger partial charge in [-0.25, -0.2) is 9.97 Å². The molecule has 0 saturated heterocycles. The normalized spacial score (nSPS) is 10.1. The van der Waals surface area contributed by atoms with Gasteiger partial charge in [0.15, 0.2) is 11.6 Å². The number of methoxy groups -OCH3 is 1. The van der Waals surface area contributed by atoms with E-state index in [1.165, 1.54) is 6.33 Å². The Hall–Kier alpha value is -1.82. The Morgan fingerprint density at radius 1 is 1.21 bits per heavy atom. The Labute approximate surface area is 120 Å². The first kappa shape index (κ1) is 13.6. The van der Waals surface area contributed by atoms with Gasteiger partial charge in [-0.1, -0.05) is 22.0 Å². The van der Waals surface area contributed by atoms with Crippen LogP contribution in [0, 0.1) is 6.92 Å². The topological polar surface area (TPSA) is 59.1 Å². The first-order valence-electron chi connectivity index (χ1n) is 5.76. The van der Waals surface area contributed by atoms with Crippen LogP contribution in [0.3, 0.4) is 0 Å². The van der Waals surface area contributed by atoms with Gasteiger partial charge in [-0.3, -0.25) is 0 Å². The van der Waals surface area contributed by atoms with E-state index in [2.05, 4.69) is 36.5 Å². The highest BCUT2D eigenvalue weighted by Gasteiger charge is 2.12. The van der Waals surface area contributed by atoms with Crippen molar-refractivity contribution in [3.05, 3.63) is 34.6 Å². The van der Waals surface area contributed by atoms with Crippen molar-refractivity contribution in [2.45, 2.75) is 6.92 Å². The van der Waals surface area contributed by atoms with Crippen LogP contribution in [0.2, 0.25) is 0 Å². The van der Waals surface area contributed by atoms with Crippen molar-refractivity contribution in [3.8, 4) is 5.75 Å². The summed E-state index contributed by atoms with van der Waals surface area (Å²) < 4.78 is 6.39. The summed E-state index contributed by atoms with van der Waals surface area (Å²) in [7, 11) is 3.39. The largest absolute Gasteiger partial charge is 0.490 e. The van der Waals surface area contributed by atoms with Gasteiger partial charge in [-0.15, -0.1) is 0 Å². The molecule has 0 unspecified atom stereocenters. The molecule has 100 valence electrons. The van der Waals surface area contributed by atoms with Crippen LogP contribution in [0.5, 0.6) is 5.75 Å². The van der Waals surface area contributed by atoms with Crippen LogP contribution >= 0.6 is 15.9 Å². The smallest absolute Gasteiger partial charge is 0.204 e. The lowest BCUT2D eigenvalue weighted by Gasteiger charge is -2.14. The predicted octanol–water partition coefficient (Wildman–Crippen LogP) is 3.34. The van der Waals surface area contributed by atoms with E-state index >= 15 is 0 Å². The van der Waals surface area contributed by atoms with E-state index in [-0.39, 0.29) is 0 Å². The highest BCUT2D eigenvalue weighted by Crippen LogP contribution is 2.33. The molecule has 1 aromatic heterocycles. The zero-order valence-corrected chi connectivity index (χ0v) is 12.6. The van der Waals surface area contributed by atoms with Crippen LogP contribution in [-0.4, -0.2) is 24.1 Å². The summed E-state index contributed by atoms with van der Waals surface area (Å²) >= 11 is 3.51. The molecular formula is C13H15BrN4O. The summed E-state index contributed by atoms with van der Waals surface area (Å²) in [5.74, 6) is 1.86. The SMILES string of the molecule is CNc1ncnc(Nc2cccc(Br)c2C)c1OC. The van der Waals surface area contributed by atoms with Crippen LogP contribution < -0.4 is 15.4 Å². The number of aromatic nitrogens is 2. The second-order valence-corrected chi connectivity index (χ2v) is 4.75. The first-order chi connectivity index (χ1) is 9.17. The van der Waals surface area contributed by atoms with Crippen LogP contribution in [0.4, 0.5) is 17.3 Å². The third kappa shape index (κ3) is 2.78. The van der Waals surface area contributed by atoms with Gasteiger partial charge in [-0.2, -0.15) is 0 Å². The molecule has 1 aromatic carbocycles. The molecule has 2 aromatic rings. The predicted molar refractivity (Wildman–Crippen MR) is 80.3 cm³/mol. The second-order valence-electron chi connectivity index (χ2n) is 3.89. The maximum Gasteiger partial charge on any atom is 0.204 e. The van der Waals surface area contributed by atoms with Crippen molar-refractivity contribution in [2.24, 2.45) is 0 Å². The number of hydrogen-bond acceptors (Lipinski definition) is 5. The Bertz CT molecular complexity index is 589. The van der Waals surface area contributed by atoms with Crippen molar-refractivity contribution < 1.29 is 4.74 Å². The molecule has 1 heterocycles. The molecule has 0 aliphatic heterocycles. The Balaban J connectivity index is 2.41. The summed E-state index contributed by atoms with van der Waals surface area (Å²) in [5.41, 5.74) is 2.07. The van der Waals surface area contributed by atoms with Crippen molar-refractivity contribution in [3.63, 3.8) is 0 Å². The average molecular weight is 323 g/mol. The Kier molecular flexibility index (Phi) is 4.21.